The van der Waals surface area contributed by atoms with Crippen molar-refractivity contribution in [2.75, 3.05) is 0 Å². The average Bonchev–Trinajstić information content (AvgIpc) is 1.90. The third-order valence-electron chi connectivity index (χ3n) is 0.916. The van der Waals surface area contributed by atoms with Crippen molar-refractivity contribution in [1.82, 2.24) is 0 Å². The number of hydrogen-bond donors (Lipinski definition) is 0. The lowest BCUT2D eigenvalue weighted by Crippen LogP contribution is -1.92. The van der Waals surface area contributed by atoms with Crippen LogP contribution in [0.3, 0.4) is 0 Å². The van der Waals surface area contributed by atoms with E-state index in [1.807, 2.05) is 23.0 Å². The zero-order valence-electron chi connectivity index (χ0n) is 4.28. The monoisotopic (exact) mass is 126 g/mol. The van der Waals surface area contributed by atoms with E-state index in [-0.39, 0.29) is 5.92 Å². The Morgan fingerprint density at radius 1 is 1.38 bits per heavy atom. The number of thioether (sulfide) groups is 1. The predicted molar refractivity (Wildman–Crippen MR) is 35.4 cm³/mol. The van der Waals surface area contributed by atoms with Crippen LogP contribution in [0.5, 0.6) is 0 Å². The first-order valence-corrected chi connectivity index (χ1v) is 3.32. The van der Waals surface area contributed by atoms with E-state index in [2.05, 4.69) is 0 Å². The first-order chi connectivity index (χ1) is 3.93. The number of carbonyl (C=O) groups excluding carboxylic acids is 1. The van der Waals surface area contributed by atoms with Gasteiger partial charge in [0.15, 0.2) is 0 Å². The fourth-order valence-corrected chi connectivity index (χ4v) is 1.11. The maximum Gasteiger partial charge on any atom is 0.130 e. The standard InChI is InChI=1S/C6H6OS/c7-5-6-1-3-8-4-2-6/h1-6H. The molecule has 0 saturated carbocycles. The van der Waals surface area contributed by atoms with Crippen molar-refractivity contribution in [1.29, 1.82) is 0 Å². The van der Waals surface area contributed by atoms with Gasteiger partial charge in [0.05, 0.1) is 5.92 Å². The Hall–Kier alpha value is -0.500. The number of aldehydes is 1. The highest BCUT2D eigenvalue weighted by Gasteiger charge is 1.97. The molecule has 0 amide bonds. The molecule has 1 aliphatic rings. The lowest BCUT2D eigenvalue weighted by atomic mass is 10.2. The summed E-state index contributed by atoms with van der Waals surface area (Å²) in [6.07, 6.45) is 4.67. The second-order valence-electron chi connectivity index (χ2n) is 1.51. The Morgan fingerprint density at radius 3 is 2.38 bits per heavy atom. The Bertz CT molecular complexity index is 125. The summed E-state index contributed by atoms with van der Waals surface area (Å²) in [4.78, 5) is 10.0. The Balaban J connectivity index is 2.54. The number of carbonyl (C=O) groups is 1. The first kappa shape index (κ1) is 5.63. The van der Waals surface area contributed by atoms with Crippen LogP contribution in [0.2, 0.25) is 0 Å². The summed E-state index contributed by atoms with van der Waals surface area (Å²) in [5, 5.41) is 3.83. The van der Waals surface area contributed by atoms with Gasteiger partial charge in [-0.05, 0) is 10.8 Å². The van der Waals surface area contributed by atoms with E-state index in [9.17, 15) is 4.79 Å². The topological polar surface area (TPSA) is 17.1 Å². The van der Waals surface area contributed by atoms with Gasteiger partial charge in [0, 0.05) is 0 Å². The molecule has 0 unspecified atom stereocenters. The molecule has 42 valence electrons. The summed E-state index contributed by atoms with van der Waals surface area (Å²) in [5.41, 5.74) is 0. The molecule has 1 rings (SSSR count). The van der Waals surface area contributed by atoms with Crippen LogP contribution in [0, 0.1) is 5.92 Å². The maximum absolute atomic E-state index is 10.0. The molecule has 0 aromatic rings. The molecule has 0 aromatic carbocycles. The molecule has 0 N–H and O–H groups in total. The smallest absolute Gasteiger partial charge is 0.130 e. The Labute approximate surface area is 52.5 Å². The van der Waals surface area contributed by atoms with Crippen LogP contribution in [-0.2, 0) is 4.79 Å². The first-order valence-electron chi connectivity index (χ1n) is 2.37. The molecule has 0 spiro atoms. The van der Waals surface area contributed by atoms with Crippen LogP contribution in [0.15, 0.2) is 23.0 Å². The summed E-state index contributed by atoms with van der Waals surface area (Å²) < 4.78 is 0. The van der Waals surface area contributed by atoms with Crippen LogP contribution >= 0.6 is 11.8 Å². The minimum absolute atomic E-state index is 0.0243. The Kier molecular flexibility index (Phi) is 1.92. The molecular weight excluding hydrogens is 120 g/mol. The van der Waals surface area contributed by atoms with Crippen molar-refractivity contribution < 1.29 is 4.79 Å². The zero-order chi connectivity index (χ0) is 5.82. The van der Waals surface area contributed by atoms with E-state index < -0.39 is 0 Å². The van der Waals surface area contributed by atoms with Gasteiger partial charge in [0.25, 0.3) is 0 Å². The quantitative estimate of drug-likeness (QED) is 0.496. The summed E-state index contributed by atoms with van der Waals surface area (Å²) in [7, 11) is 0. The van der Waals surface area contributed by atoms with Gasteiger partial charge in [-0.1, -0.05) is 12.2 Å². The lowest BCUT2D eigenvalue weighted by molar-refractivity contribution is -0.108. The largest absolute Gasteiger partial charge is 0.302 e. The highest BCUT2D eigenvalue weighted by Crippen LogP contribution is 2.14. The van der Waals surface area contributed by atoms with Gasteiger partial charge in [-0.25, -0.2) is 0 Å². The van der Waals surface area contributed by atoms with Gasteiger partial charge in [-0.15, -0.1) is 11.8 Å². The number of hydrogen-bond acceptors (Lipinski definition) is 2. The zero-order valence-corrected chi connectivity index (χ0v) is 5.10. The fourth-order valence-electron chi connectivity index (χ4n) is 0.472. The minimum Gasteiger partial charge on any atom is -0.302 e. The number of rotatable bonds is 1. The molecule has 0 saturated heterocycles. The number of allylic oxidation sites excluding steroid dienone is 2. The predicted octanol–water partition coefficient (Wildman–Crippen LogP) is 1.58. The molecule has 1 heterocycles. The molecule has 0 radical (unpaired) electrons. The van der Waals surface area contributed by atoms with Gasteiger partial charge in [0.2, 0.25) is 0 Å². The molecule has 1 aliphatic heterocycles. The SMILES string of the molecule is O=CC1C=CSC=C1. The third-order valence-corrected chi connectivity index (χ3v) is 1.54. The molecule has 0 fully saturated rings. The lowest BCUT2D eigenvalue weighted by Gasteiger charge is -1.98. The van der Waals surface area contributed by atoms with Gasteiger partial charge < -0.3 is 4.79 Å². The van der Waals surface area contributed by atoms with E-state index in [0.29, 0.717) is 0 Å². The summed E-state index contributed by atoms with van der Waals surface area (Å²) in [6, 6.07) is 0. The van der Waals surface area contributed by atoms with Gasteiger partial charge in [-0.3, -0.25) is 0 Å². The molecule has 1 nitrogen and oxygen atoms in total. The molecule has 0 atom stereocenters. The van der Waals surface area contributed by atoms with Crippen molar-refractivity contribution >= 4 is 18.0 Å². The van der Waals surface area contributed by atoms with E-state index in [1.165, 1.54) is 0 Å². The average molecular weight is 126 g/mol. The molecule has 2 heteroatoms. The van der Waals surface area contributed by atoms with Crippen LogP contribution in [0.1, 0.15) is 0 Å². The van der Waals surface area contributed by atoms with Crippen molar-refractivity contribution in [3.05, 3.63) is 23.0 Å². The molecule has 8 heavy (non-hydrogen) atoms. The van der Waals surface area contributed by atoms with Crippen molar-refractivity contribution in [3.63, 3.8) is 0 Å². The summed E-state index contributed by atoms with van der Waals surface area (Å²) in [6.45, 7) is 0. The fraction of sp³-hybridized carbons (Fsp3) is 0.167. The van der Waals surface area contributed by atoms with Crippen LogP contribution < -0.4 is 0 Å². The van der Waals surface area contributed by atoms with E-state index in [0.717, 1.165) is 6.29 Å². The van der Waals surface area contributed by atoms with E-state index >= 15 is 0 Å². The highest BCUT2D eigenvalue weighted by atomic mass is 32.2. The molecule has 0 aliphatic carbocycles. The van der Waals surface area contributed by atoms with Crippen molar-refractivity contribution in [3.8, 4) is 0 Å². The molecule has 0 bridgehead atoms. The molecule has 0 aromatic heterocycles. The normalized spacial score (nSPS) is 19.0. The third kappa shape index (κ3) is 1.23. The van der Waals surface area contributed by atoms with Gasteiger partial charge >= 0.3 is 0 Å². The van der Waals surface area contributed by atoms with Crippen molar-refractivity contribution in [2.45, 2.75) is 0 Å². The Morgan fingerprint density at radius 2 is 2.00 bits per heavy atom. The van der Waals surface area contributed by atoms with Crippen LogP contribution in [-0.4, -0.2) is 6.29 Å². The van der Waals surface area contributed by atoms with E-state index in [1.54, 1.807) is 11.8 Å². The van der Waals surface area contributed by atoms with Crippen LogP contribution in [0.25, 0.3) is 0 Å². The van der Waals surface area contributed by atoms with E-state index in [4.69, 9.17) is 0 Å². The van der Waals surface area contributed by atoms with Crippen molar-refractivity contribution in [2.24, 2.45) is 5.92 Å². The van der Waals surface area contributed by atoms with Gasteiger partial charge in [0.1, 0.15) is 6.29 Å². The highest BCUT2D eigenvalue weighted by molar-refractivity contribution is 8.04. The van der Waals surface area contributed by atoms with Crippen LogP contribution in [0.4, 0.5) is 0 Å². The second kappa shape index (κ2) is 2.72. The maximum atomic E-state index is 10.0. The summed E-state index contributed by atoms with van der Waals surface area (Å²) in [5.74, 6) is 0.0243. The summed E-state index contributed by atoms with van der Waals surface area (Å²) >= 11 is 1.59. The molecular formula is C6H6OS. The van der Waals surface area contributed by atoms with Gasteiger partial charge in [-0.2, -0.15) is 0 Å². The minimum atomic E-state index is 0.0243. The second-order valence-corrected chi connectivity index (χ2v) is 2.32.